The molecule has 0 aromatic heterocycles. The Balaban J connectivity index is 1.47. The summed E-state index contributed by atoms with van der Waals surface area (Å²) in [5, 5.41) is 2.91. The number of piperazine rings is 1. The number of carbonyl (C=O) groups excluding carboxylic acids is 2. The van der Waals surface area contributed by atoms with E-state index in [1.807, 2.05) is 11.9 Å². The first kappa shape index (κ1) is 20.2. The minimum Gasteiger partial charge on any atom is -0.497 e. The highest BCUT2D eigenvalue weighted by Crippen LogP contribution is 2.34. The van der Waals surface area contributed by atoms with Gasteiger partial charge in [0.25, 0.3) is 0 Å². The molecule has 1 unspecified atom stereocenters. The number of methoxy groups -OCH3 is 1. The SMILES string of the molecule is COc1ccc(NC(=O)N2CCC3(C2)CN(c2cccc(F)c2)C(=O)CN3C)cc1. The van der Waals surface area contributed by atoms with Gasteiger partial charge in [0.2, 0.25) is 5.91 Å². The molecule has 8 heteroatoms. The van der Waals surface area contributed by atoms with Crippen molar-refractivity contribution in [3.8, 4) is 5.75 Å². The van der Waals surface area contributed by atoms with E-state index < -0.39 is 0 Å². The molecule has 4 rings (SSSR count). The molecule has 158 valence electrons. The highest BCUT2D eigenvalue weighted by molar-refractivity contribution is 5.96. The Hall–Kier alpha value is -3.13. The maximum absolute atomic E-state index is 13.7. The molecule has 2 heterocycles. The van der Waals surface area contributed by atoms with Crippen molar-refractivity contribution in [2.24, 2.45) is 0 Å². The second-order valence-electron chi connectivity index (χ2n) is 7.87. The zero-order valence-electron chi connectivity index (χ0n) is 17.1. The summed E-state index contributed by atoms with van der Waals surface area (Å²) in [6.07, 6.45) is 0.735. The third-order valence-electron chi connectivity index (χ3n) is 6.02. The number of nitrogens with zero attached hydrogens (tertiary/aromatic N) is 3. The number of likely N-dealkylation sites (N-methyl/N-ethyl adjacent to an activating group) is 1. The Kier molecular flexibility index (Phi) is 5.34. The van der Waals surface area contributed by atoms with Crippen molar-refractivity contribution in [2.75, 3.05) is 50.6 Å². The van der Waals surface area contributed by atoms with Crippen molar-refractivity contribution in [2.45, 2.75) is 12.0 Å². The van der Waals surface area contributed by atoms with Gasteiger partial charge in [-0.2, -0.15) is 0 Å². The Morgan fingerprint density at radius 2 is 1.93 bits per heavy atom. The van der Waals surface area contributed by atoms with Gasteiger partial charge in [0.1, 0.15) is 11.6 Å². The summed E-state index contributed by atoms with van der Waals surface area (Å²) in [7, 11) is 3.50. The van der Waals surface area contributed by atoms with Crippen LogP contribution in [-0.2, 0) is 4.79 Å². The lowest BCUT2D eigenvalue weighted by Gasteiger charge is -2.46. The molecule has 0 aliphatic carbocycles. The van der Waals surface area contributed by atoms with E-state index in [1.54, 1.807) is 53.3 Å². The lowest BCUT2D eigenvalue weighted by atomic mass is 9.92. The smallest absolute Gasteiger partial charge is 0.321 e. The van der Waals surface area contributed by atoms with Gasteiger partial charge in [-0.15, -0.1) is 0 Å². The molecular weight excluding hydrogens is 387 g/mol. The lowest BCUT2D eigenvalue weighted by molar-refractivity contribution is -0.123. The number of amides is 3. The summed E-state index contributed by atoms with van der Waals surface area (Å²) in [6.45, 7) is 1.71. The summed E-state index contributed by atoms with van der Waals surface area (Å²) in [6, 6.07) is 13.1. The molecule has 7 nitrogen and oxygen atoms in total. The molecule has 30 heavy (non-hydrogen) atoms. The molecule has 2 aromatic carbocycles. The van der Waals surface area contributed by atoms with Crippen molar-refractivity contribution in [1.82, 2.24) is 9.80 Å². The number of halogens is 1. The van der Waals surface area contributed by atoms with Crippen LogP contribution in [-0.4, -0.2) is 67.6 Å². The molecule has 0 bridgehead atoms. The Morgan fingerprint density at radius 1 is 1.17 bits per heavy atom. The molecule has 2 fully saturated rings. The fourth-order valence-electron chi connectivity index (χ4n) is 4.19. The third-order valence-corrected chi connectivity index (χ3v) is 6.02. The number of rotatable bonds is 3. The second-order valence-corrected chi connectivity index (χ2v) is 7.87. The van der Waals surface area contributed by atoms with E-state index in [4.69, 9.17) is 4.74 Å². The van der Waals surface area contributed by atoms with E-state index >= 15 is 0 Å². The molecular formula is C22H25FN4O3. The average Bonchev–Trinajstić information content (AvgIpc) is 3.17. The molecule has 1 N–H and O–H groups in total. The lowest BCUT2D eigenvalue weighted by Crippen LogP contribution is -2.64. The monoisotopic (exact) mass is 412 g/mol. The quantitative estimate of drug-likeness (QED) is 0.842. The molecule has 2 saturated heterocycles. The van der Waals surface area contributed by atoms with Crippen molar-refractivity contribution in [1.29, 1.82) is 0 Å². The maximum Gasteiger partial charge on any atom is 0.321 e. The third kappa shape index (κ3) is 3.82. The minimum atomic E-state index is -0.375. The Morgan fingerprint density at radius 3 is 2.63 bits per heavy atom. The van der Waals surface area contributed by atoms with E-state index in [2.05, 4.69) is 5.32 Å². The van der Waals surface area contributed by atoms with E-state index in [9.17, 15) is 14.0 Å². The first-order chi connectivity index (χ1) is 14.4. The number of likely N-dealkylation sites (tertiary alicyclic amines) is 1. The largest absolute Gasteiger partial charge is 0.497 e. The summed E-state index contributed by atoms with van der Waals surface area (Å²) in [5.74, 6) is 0.272. The van der Waals surface area contributed by atoms with Gasteiger partial charge in [-0.25, -0.2) is 9.18 Å². The van der Waals surface area contributed by atoms with Gasteiger partial charge in [-0.3, -0.25) is 9.69 Å². The average molecular weight is 412 g/mol. The number of hydrogen-bond donors (Lipinski definition) is 1. The topological polar surface area (TPSA) is 65.1 Å². The van der Waals surface area contributed by atoms with E-state index in [-0.39, 0.29) is 29.8 Å². The summed E-state index contributed by atoms with van der Waals surface area (Å²) in [5.41, 5.74) is 0.876. The summed E-state index contributed by atoms with van der Waals surface area (Å²) < 4.78 is 18.8. The first-order valence-electron chi connectivity index (χ1n) is 9.87. The number of benzene rings is 2. The van der Waals surface area contributed by atoms with Crippen LogP contribution in [0.3, 0.4) is 0 Å². The normalized spacial score (nSPS) is 21.9. The molecule has 2 aliphatic heterocycles. The van der Waals surface area contributed by atoms with Gasteiger partial charge in [0.05, 0.1) is 19.2 Å². The van der Waals surface area contributed by atoms with E-state index in [0.29, 0.717) is 31.0 Å². The first-order valence-corrected chi connectivity index (χ1v) is 9.87. The number of urea groups is 1. The van der Waals surface area contributed by atoms with Crippen LogP contribution in [0.1, 0.15) is 6.42 Å². The van der Waals surface area contributed by atoms with E-state index in [0.717, 1.165) is 12.2 Å². The highest BCUT2D eigenvalue weighted by atomic mass is 19.1. The zero-order valence-corrected chi connectivity index (χ0v) is 17.1. The van der Waals surface area contributed by atoms with Crippen LogP contribution < -0.4 is 15.0 Å². The molecule has 1 atom stereocenters. The molecule has 1 spiro atoms. The second kappa shape index (κ2) is 7.95. The van der Waals surface area contributed by atoms with Crippen LogP contribution in [0.4, 0.5) is 20.6 Å². The van der Waals surface area contributed by atoms with Gasteiger partial charge >= 0.3 is 6.03 Å². The van der Waals surface area contributed by atoms with Gasteiger partial charge < -0.3 is 19.9 Å². The number of anilines is 2. The minimum absolute atomic E-state index is 0.0742. The van der Waals surface area contributed by atoms with Gasteiger partial charge in [0, 0.05) is 31.0 Å². The van der Waals surface area contributed by atoms with Crippen LogP contribution >= 0.6 is 0 Å². The summed E-state index contributed by atoms with van der Waals surface area (Å²) in [4.78, 5) is 30.8. The maximum atomic E-state index is 13.7. The Bertz CT molecular complexity index is 952. The highest BCUT2D eigenvalue weighted by Gasteiger charge is 2.48. The molecule has 3 amide bonds. The fraction of sp³-hybridized carbons (Fsp3) is 0.364. The van der Waals surface area contributed by atoms with Crippen LogP contribution in [0.2, 0.25) is 0 Å². The number of nitrogens with one attached hydrogen (secondary N) is 1. The Labute approximate surface area is 175 Å². The predicted octanol–water partition coefficient (Wildman–Crippen LogP) is 2.79. The number of ether oxygens (including phenoxy) is 1. The van der Waals surface area contributed by atoms with Crippen LogP contribution in [0.25, 0.3) is 0 Å². The van der Waals surface area contributed by atoms with Gasteiger partial charge in [-0.05, 0) is 55.9 Å². The van der Waals surface area contributed by atoms with Crippen molar-refractivity contribution < 1.29 is 18.7 Å². The van der Waals surface area contributed by atoms with Crippen LogP contribution in [0.5, 0.6) is 5.75 Å². The van der Waals surface area contributed by atoms with Gasteiger partial charge in [0.15, 0.2) is 0 Å². The molecule has 0 radical (unpaired) electrons. The van der Waals surface area contributed by atoms with Crippen molar-refractivity contribution in [3.05, 3.63) is 54.3 Å². The van der Waals surface area contributed by atoms with Crippen LogP contribution in [0.15, 0.2) is 48.5 Å². The van der Waals surface area contributed by atoms with Crippen molar-refractivity contribution in [3.63, 3.8) is 0 Å². The standard InChI is InChI=1S/C22H25FN4O3/c1-25-13-20(28)27(18-5-3-4-16(23)12-18)15-22(25)10-11-26(14-22)21(29)24-17-6-8-19(30-2)9-7-17/h3-9,12H,10-11,13-15H2,1-2H3,(H,24,29). The molecule has 2 aliphatic rings. The number of hydrogen-bond acceptors (Lipinski definition) is 4. The fourth-order valence-corrected chi connectivity index (χ4v) is 4.19. The van der Waals surface area contributed by atoms with Crippen molar-refractivity contribution >= 4 is 23.3 Å². The van der Waals surface area contributed by atoms with Gasteiger partial charge in [-0.1, -0.05) is 6.07 Å². The zero-order chi connectivity index (χ0) is 21.3. The van der Waals surface area contributed by atoms with Crippen LogP contribution in [0, 0.1) is 5.82 Å². The van der Waals surface area contributed by atoms with E-state index in [1.165, 1.54) is 12.1 Å². The number of carbonyl (C=O) groups is 2. The predicted molar refractivity (Wildman–Crippen MR) is 112 cm³/mol. The summed E-state index contributed by atoms with van der Waals surface area (Å²) >= 11 is 0. The molecule has 2 aromatic rings. The molecule has 0 saturated carbocycles.